The Balaban J connectivity index is 2.18. The van der Waals surface area contributed by atoms with E-state index in [0.717, 1.165) is 16.9 Å². The Kier molecular flexibility index (Phi) is 2.60. The number of aryl methyl sites for hydroxylation is 1. The highest BCUT2D eigenvalue weighted by atomic mass is 16.1. The van der Waals surface area contributed by atoms with Gasteiger partial charge in [0.15, 0.2) is 0 Å². The van der Waals surface area contributed by atoms with E-state index in [1.807, 2.05) is 24.3 Å². The molecule has 0 spiro atoms. The van der Waals surface area contributed by atoms with Crippen LogP contribution < -0.4 is 5.73 Å². The maximum absolute atomic E-state index is 11.1. The summed E-state index contributed by atoms with van der Waals surface area (Å²) in [7, 11) is 0. The van der Waals surface area contributed by atoms with Crippen molar-refractivity contribution in [2.24, 2.45) is 5.73 Å². The molecular formula is C16H14N2O. The number of carbonyl (C=O) groups is 1. The fourth-order valence-corrected chi connectivity index (χ4v) is 2.41. The van der Waals surface area contributed by atoms with E-state index in [1.165, 1.54) is 5.39 Å². The highest BCUT2D eigenvalue weighted by Gasteiger charge is 2.07. The van der Waals surface area contributed by atoms with Crippen LogP contribution in [0.1, 0.15) is 16.1 Å². The van der Waals surface area contributed by atoms with E-state index in [1.54, 1.807) is 12.1 Å². The first-order valence-corrected chi connectivity index (χ1v) is 6.14. The summed E-state index contributed by atoms with van der Waals surface area (Å²) in [6.07, 6.45) is 0. The topological polar surface area (TPSA) is 48.0 Å². The van der Waals surface area contributed by atoms with Gasteiger partial charge >= 0.3 is 0 Å². The van der Waals surface area contributed by atoms with E-state index >= 15 is 0 Å². The summed E-state index contributed by atoms with van der Waals surface area (Å²) in [5.41, 5.74) is 9.13. The van der Waals surface area contributed by atoms with E-state index in [4.69, 9.17) is 5.73 Å². The molecule has 0 radical (unpaired) electrons. The van der Waals surface area contributed by atoms with E-state index < -0.39 is 5.91 Å². The number of para-hydroxylation sites is 1. The van der Waals surface area contributed by atoms with Crippen LogP contribution in [0.15, 0.2) is 54.6 Å². The maximum Gasteiger partial charge on any atom is 0.248 e. The number of carbonyl (C=O) groups excluding carboxylic acids is 1. The zero-order chi connectivity index (χ0) is 13.4. The van der Waals surface area contributed by atoms with Gasteiger partial charge in [0.2, 0.25) is 5.91 Å². The molecular weight excluding hydrogens is 236 g/mol. The number of nitrogens with two attached hydrogens (primary N) is 1. The van der Waals surface area contributed by atoms with Gasteiger partial charge in [-0.2, -0.15) is 0 Å². The predicted octanol–water partition coefficient (Wildman–Crippen LogP) is 3.04. The Labute approximate surface area is 111 Å². The summed E-state index contributed by atoms with van der Waals surface area (Å²) >= 11 is 0. The van der Waals surface area contributed by atoms with Crippen LogP contribution in [0.25, 0.3) is 16.6 Å². The lowest BCUT2D eigenvalue weighted by atomic mass is 10.2. The molecule has 0 bridgehead atoms. The summed E-state index contributed by atoms with van der Waals surface area (Å²) in [5.74, 6) is -0.402. The van der Waals surface area contributed by atoms with Crippen molar-refractivity contribution in [2.45, 2.75) is 6.92 Å². The number of primary amides is 1. The molecule has 0 saturated carbocycles. The number of hydrogen-bond donors (Lipinski definition) is 1. The molecule has 3 rings (SSSR count). The minimum absolute atomic E-state index is 0.402. The molecule has 1 aromatic heterocycles. The lowest BCUT2D eigenvalue weighted by Gasteiger charge is -2.08. The van der Waals surface area contributed by atoms with Crippen molar-refractivity contribution in [1.29, 1.82) is 0 Å². The molecule has 0 saturated heterocycles. The number of aromatic nitrogens is 1. The number of amides is 1. The molecule has 0 aliphatic rings. The fraction of sp³-hybridized carbons (Fsp3) is 0.0625. The van der Waals surface area contributed by atoms with Gasteiger partial charge in [0.25, 0.3) is 0 Å². The van der Waals surface area contributed by atoms with Crippen LogP contribution in [0.2, 0.25) is 0 Å². The first-order chi connectivity index (χ1) is 9.16. The lowest BCUT2D eigenvalue weighted by Crippen LogP contribution is -2.10. The van der Waals surface area contributed by atoms with Crippen molar-refractivity contribution in [2.75, 3.05) is 0 Å². The van der Waals surface area contributed by atoms with Gasteiger partial charge in [0, 0.05) is 22.3 Å². The SMILES string of the molecule is Cc1cc2ccccc2n1-c1ccc(C(N)=O)cc1. The van der Waals surface area contributed by atoms with Crippen LogP contribution in [0, 0.1) is 6.92 Å². The van der Waals surface area contributed by atoms with Crippen molar-refractivity contribution >= 4 is 16.8 Å². The Morgan fingerprint density at radius 2 is 1.74 bits per heavy atom. The van der Waals surface area contributed by atoms with E-state index in [0.29, 0.717) is 5.56 Å². The third-order valence-corrected chi connectivity index (χ3v) is 3.30. The second kappa shape index (κ2) is 4.28. The Bertz CT molecular complexity index is 754. The van der Waals surface area contributed by atoms with Crippen LogP contribution in [0.3, 0.4) is 0 Å². The highest BCUT2D eigenvalue weighted by Crippen LogP contribution is 2.23. The van der Waals surface area contributed by atoms with Gasteiger partial charge in [-0.05, 0) is 43.3 Å². The number of fused-ring (bicyclic) bond motifs is 1. The molecule has 3 nitrogen and oxygen atoms in total. The third-order valence-electron chi connectivity index (χ3n) is 3.30. The molecule has 19 heavy (non-hydrogen) atoms. The van der Waals surface area contributed by atoms with Crippen molar-refractivity contribution in [1.82, 2.24) is 4.57 Å². The van der Waals surface area contributed by atoms with Crippen LogP contribution >= 0.6 is 0 Å². The molecule has 1 amide bonds. The Morgan fingerprint density at radius 1 is 1.05 bits per heavy atom. The summed E-state index contributed by atoms with van der Waals surface area (Å²) in [6, 6.07) is 17.7. The largest absolute Gasteiger partial charge is 0.366 e. The number of rotatable bonds is 2. The van der Waals surface area contributed by atoms with Crippen molar-refractivity contribution in [3.8, 4) is 5.69 Å². The first kappa shape index (κ1) is 11.5. The van der Waals surface area contributed by atoms with Crippen LogP contribution in [-0.4, -0.2) is 10.5 Å². The van der Waals surface area contributed by atoms with Gasteiger partial charge in [-0.1, -0.05) is 18.2 Å². The van der Waals surface area contributed by atoms with Crippen LogP contribution in [0.5, 0.6) is 0 Å². The number of benzene rings is 2. The van der Waals surface area contributed by atoms with Gasteiger partial charge in [0.1, 0.15) is 0 Å². The quantitative estimate of drug-likeness (QED) is 0.746. The molecule has 3 aromatic rings. The molecule has 94 valence electrons. The van der Waals surface area contributed by atoms with E-state index in [9.17, 15) is 4.79 Å². The Hall–Kier alpha value is -2.55. The molecule has 0 aliphatic carbocycles. The summed E-state index contributed by atoms with van der Waals surface area (Å²) in [5, 5.41) is 1.21. The van der Waals surface area contributed by atoms with E-state index in [2.05, 4.69) is 29.7 Å². The number of hydrogen-bond acceptors (Lipinski definition) is 1. The Morgan fingerprint density at radius 3 is 2.42 bits per heavy atom. The van der Waals surface area contributed by atoms with Crippen LogP contribution in [-0.2, 0) is 0 Å². The first-order valence-electron chi connectivity index (χ1n) is 6.14. The van der Waals surface area contributed by atoms with Crippen molar-refractivity contribution < 1.29 is 4.79 Å². The molecule has 3 heteroatoms. The minimum atomic E-state index is -0.402. The molecule has 1 heterocycles. The van der Waals surface area contributed by atoms with Gasteiger partial charge in [-0.3, -0.25) is 4.79 Å². The molecule has 0 unspecified atom stereocenters. The van der Waals surface area contributed by atoms with Crippen molar-refractivity contribution in [3.63, 3.8) is 0 Å². The number of nitrogens with zero attached hydrogens (tertiary/aromatic N) is 1. The standard InChI is InChI=1S/C16H14N2O/c1-11-10-13-4-2-3-5-15(13)18(11)14-8-6-12(7-9-14)16(17)19/h2-10H,1H3,(H2,17,19). The van der Waals surface area contributed by atoms with Gasteiger partial charge in [0.05, 0.1) is 5.52 Å². The summed E-state index contributed by atoms with van der Waals surface area (Å²) < 4.78 is 2.17. The normalized spacial score (nSPS) is 10.8. The highest BCUT2D eigenvalue weighted by molar-refractivity contribution is 5.93. The molecule has 0 atom stereocenters. The molecule has 2 N–H and O–H groups in total. The van der Waals surface area contributed by atoms with E-state index in [-0.39, 0.29) is 0 Å². The van der Waals surface area contributed by atoms with Crippen LogP contribution in [0.4, 0.5) is 0 Å². The smallest absolute Gasteiger partial charge is 0.248 e. The lowest BCUT2D eigenvalue weighted by molar-refractivity contribution is 0.100. The predicted molar refractivity (Wildman–Crippen MR) is 76.5 cm³/mol. The second-order valence-electron chi connectivity index (χ2n) is 4.59. The maximum atomic E-state index is 11.1. The van der Waals surface area contributed by atoms with Gasteiger partial charge in [-0.25, -0.2) is 0 Å². The van der Waals surface area contributed by atoms with Gasteiger partial charge < -0.3 is 10.3 Å². The third kappa shape index (κ3) is 1.89. The monoisotopic (exact) mass is 250 g/mol. The molecule has 0 fully saturated rings. The minimum Gasteiger partial charge on any atom is -0.366 e. The summed E-state index contributed by atoms with van der Waals surface area (Å²) in [6.45, 7) is 2.07. The average Bonchev–Trinajstić information content (AvgIpc) is 2.74. The fourth-order valence-electron chi connectivity index (χ4n) is 2.41. The zero-order valence-corrected chi connectivity index (χ0v) is 10.6. The molecule has 0 aliphatic heterocycles. The average molecular weight is 250 g/mol. The van der Waals surface area contributed by atoms with Crippen molar-refractivity contribution in [3.05, 3.63) is 65.9 Å². The summed E-state index contributed by atoms with van der Waals surface area (Å²) in [4.78, 5) is 11.1. The second-order valence-corrected chi connectivity index (χ2v) is 4.59. The zero-order valence-electron chi connectivity index (χ0n) is 10.6. The molecule has 2 aromatic carbocycles. The van der Waals surface area contributed by atoms with Gasteiger partial charge in [-0.15, -0.1) is 0 Å².